The maximum absolute atomic E-state index is 3.53. The molecule has 1 aliphatic rings. The first kappa shape index (κ1) is 13.9. The van der Waals surface area contributed by atoms with Gasteiger partial charge in [0.15, 0.2) is 0 Å². The first-order valence-corrected chi connectivity index (χ1v) is 6.76. The van der Waals surface area contributed by atoms with Crippen LogP contribution in [0.15, 0.2) is 0 Å². The molecule has 0 radical (unpaired) electrons. The second-order valence-corrected chi connectivity index (χ2v) is 5.38. The van der Waals surface area contributed by atoms with Crippen LogP contribution in [0.3, 0.4) is 0 Å². The molecule has 0 saturated carbocycles. The molecule has 0 aromatic heterocycles. The third kappa shape index (κ3) is 4.04. The van der Waals surface area contributed by atoms with Crippen molar-refractivity contribution in [2.75, 3.05) is 32.7 Å². The summed E-state index contributed by atoms with van der Waals surface area (Å²) >= 11 is 0. The maximum Gasteiger partial charge on any atom is 0.0195 e. The molecule has 0 aliphatic carbocycles. The Morgan fingerprint density at radius 1 is 1.25 bits per heavy atom. The van der Waals surface area contributed by atoms with E-state index in [0.29, 0.717) is 18.1 Å². The van der Waals surface area contributed by atoms with Crippen molar-refractivity contribution in [2.24, 2.45) is 0 Å². The quantitative estimate of drug-likeness (QED) is 0.766. The molecular formula is C13H29N3. The third-order valence-electron chi connectivity index (χ3n) is 3.65. The van der Waals surface area contributed by atoms with Crippen molar-refractivity contribution < 1.29 is 0 Å². The number of rotatable bonds is 5. The standard InChI is InChI=1S/C13H29N3/c1-6-15-7-8-16(10-13(15)5)12(4)9-14-11(2)3/h11-14H,6-10H2,1-5H3. The Balaban J connectivity index is 2.33. The van der Waals surface area contributed by atoms with E-state index in [-0.39, 0.29) is 0 Å². The highest BCUT2D eigenvalue weighted by Gasteiger charge is 2.25. The number of hydrogen-bond donors (Lipinski definition) is 1. The van der Waals surface area contributed by atoms with Crippen molar-refractivity contribution in [3.63, 3.8) is 0 Å². The molecule has 2 unspecified atom stereocenters. The summed E-state index contributed by atoms with van der Waals surface area (Å²) in [6, 6.07) is 1.96. The first-order chi connectivity index (χ1) is 7.54. The zero-order chi connectivity index (χ0) is 12.1. The SMILES string of the molecule is CCN1CCN(C(C)CNC(C)C)CC1C. The van der Waals surface area contributed by atoms with Gasteiger partial charge in [-0.2, -0.15) is 0 Å². The minimum absolute atomic E-state index is 0.594. The molecule has 1 N–H and O–H groups in total. The molecule has 3 heteroatoms. The van der Waals surface area contributed by atoms with Crippen LogP contribution < -0.4 is 5.32 Å². The topological polar surface area (TPSA) is 18.5 Å². The fourth-order valence-corrected chi connectivity index (χ4v) is 2.43. The molecule has 1 rings (SSSR count). The minimum Gasteiger partial charge on any atom is -0.313 e. The van der Waals surface area contributed by atoms with Gasteiger partial charge in [-0.1, -0.05) is 20.8 Å². The van der Waals surface area contributed by atoms with Gasteiger partial charge in [0.25, 0.3) is 0 Å². The van der Waals surface area contributed by atoms with Crippen LogP contribution in [0.2, 0.25) is 0 Å². The number of hydrogen-bond acceptors (Lipinski definition) is 3. The minimum atomic E-state index is 0.594. The van der Waals surface area contributed by atoms with Crippen LogP contribution >= 0.6 is 0 Å². The summed E-state index contributed by atoms with van der Waals surface area (Å²) in [5, 5.41) is 3.53. The van der Waals surface area contributed by atoms with E-state index in [2.05, 4.69) is 49.7 Å². The van der Waals surface area contributed by atoms with Crippen LogP contribution in [0.25, 0.3) is 0 Å². The van der Waals surface area contributed by atoms with E-state index < -0.39 is 0 Å². The third-order valence-corrected chi connectivity index (χ3v) is 3.65. The molecule has 96 valence electrons. The van der Waals surface area contributed by atoms with E-state index in [0.717, 1.165) is 6.54 Å². The van der Waals surface area contributed by atoms with Gasteiger partial charge in [0, 0.05) is 44.3 Å². The van der Waals surface area contributed by atoms with Gasteiger partial charge in [-0.15, -0.1) is 0 Å². The predicted molar refractivity (Wildman–Crippen MR) is 70.9 cm³/mol. The Kier molecular flexibility index (Phi) is 5.73. The summed E-state index contributed by atoms with van der Waals surface area (Å²) in [5.41, 5.74) is 0. The summed E-state index contributed by atoms with van der Waals surface area (Å²) < 4.78 is 0. The Bertz CT molecular complexity index is 194. The summed E-state index contributed by atoms with van der Waals surface area (Å²) in [5.74, 6) is 0. The lowest BCUT2D eigenvalue weighted by Gasteiger charge is -2.42. The molecule has 2 atom stereocenters. The van der Waals surface area contributed by atoms with E-state index in [4.69, 9.17) is 0 Å². The van der Waals surface area contributed by atoms with E-state index in [9.17, 15) is 0 Å². The summed E-state index contributed by atoms with van der Waals surface area (Å²) in [4.78, 5) is 5.19. The molecule has 0 spiro atoms. The van der Waals surface area contributed by atoms with Crippen LogP contribution in [0.4, 0.5) is 0 Å². The molecule has 0 aromatic carbocycles. The largest absolute Gasteiger partial charge is 0.313 e. The summed E-state index contributed by atoms with van der Waals surface area (Å²) in [6.45, 7) is 17.3. The Morgan fingerprint density at radius 3 is 2.44 bits per heavy atom. The van der Waals surface area contributed by atoms with Crippen LogP contribution in [0.1, 0.15) is 34.6 Å². The monoisotopic (exact) mass is 227 g/mol. The average Bonchev–Trinajstić information content (AvgIpc) is 2.25. The second kappa shape index (κ2) is 6.58. The first-order valence-electron chi connectivity index (χ1n) is 6.76. The molecule has 1 saturated heterocycles. The van der Waals surface area contributed by atoms with Crippen LogP contribution in [0.5, 0.6) is 0 Å². The van der Waals surface area contributed by atoms with E-state index in [1.165, 1.54) is 26.2 Å². The summed E-state index contributed by atoms with van der Waals surface area (Å²) in [7, 11) is 0. The molecule has 0 aromatic rings. The molecule has 1 aliphatic heterocycles. The van der Waals surface area contributed by atoms with E-state index >= 15 is 0 Å². The van der Waals surface area contributed by atoms with E-state index in [1.54, 1.807) is 0 Å². The summed E-state index contributed by atoms with van der Waals surface area (Å²) in [6.07, 6.45) is 0. The van der Waals surface area contributed by atoms with Gasteiger partial charge in [0.2, 0.25) is 0 Å². The second-order valence-electron chi connectivity index (χ2n) is 5.38. The predicted octanol–water partition coefficient (Wildman–Crippen LogP) is 1.40. The highest BCUT2D eigenvalue weighted by atomic mass is 15.3. The van der Waals surface area contributed by atoms with Crippen molar-refractivity contribution >= 4 is 0 Å². The average molecular weight is 227 g/mol. The van der Waals surface area contributed by atoms with Crippen molar-refractivity contribution in [2.45, 2.75) is 52.7 Å². The van der Waals surface area contributed by atoms with Gasteiger partial charge in [0.05, 0.1) is 0 Å². The maximum atomic E-state index is 3.53. The Hall–Kier alpha value is -0.120. The number of nitrogens with zero attached hydrogens (tertiary/aromatic N) is 2. The highest BCUT2D eigenvalue weighted by Crippen LogP contribution is 2.11. The zero-order valence-corrected chi connectivity index (χ0v) is 11.7. The van der Waals surface area contributed by atoms with E-state index in [1.807, 2.05) is 0 Å². The smallest absolute Gasteiger partial charge is 0.0195 e. The zero-order valence-electron chi connectivity index (χ0n) is 11.7. The number of piperazine rings is 1. The van der Waals surface area contributed by atoms with Crippen molar-refractivity contribution in [3.05, 3.63) is 0 Å². The molecule has 0 bridgehead atoms. The van der Waals surface area contributed by atoms with Gasteiger partial charge >= 0.3 is 0 Å². The fraction of sp³-hybridized carbons (Fsp3) is 1.00. The van der Waals surface area contributed by atoms with Crippen molar-refractivity contribution in [1.29, 1.82) is 0 Å². The Labute approximate surface area is 101 Å². The van der Waals surface area contributed by atoms with Crippen molar-refractivity contribution in [1.82, 2.24) is 15.1 Å². The lowest BCUT2D eigenvalue weighted by atomic mass is 10.1. The van der Waals surface area contributed by atoms with Crippen molar-refractivity contribution in [3.8, 4) is 0 Å². The van der Waals surface area contributed by atoms with Gasteiger partial charge in [-0.25, -0.2) is 0 Å². The Morgan fingerprint density at radius 2 is 1.94 bits per heavy atom. The lowest BCUT2D eigenvalue weighted by Crippen LogP contribution is -2.56. The molecule has 3 nitrogen and oxygen atoms in total. The van der Waals surface area contributed by atoms with Crippen LogP contribution in [0, 0.1) is 0 Å². The van der Waals surface area contributed by atoms with Crippen LogP contribution in [-0.4, -0.2) is 60.6 Å². The molecule has 1 fully saturated rings. The fourth-order valence-electron chi connectivity index (χ4n) is 2.43. The highest BCUT2D eigenvalue weighted by molar-refractivity contribution is 4.82. The van der Waals surface area contributed by atoms with Gasteiger partial charge in [-0.05, 0) is 20.4 Å². The van der Waals surface area contributed by atoms with Gasteiger partial charge < -0.3 is 5.32 Å². The normalized spacial score (nSPS) is 26.2. The van der Waals surface area contributed by atoms with Crippen LogP contribution in [-0.2, 0) is 0 Å². The van der Waals surface area contributed by atoms with Gasteiger partial charge in [-0.3, -0.25) is 9.80 Å². The molecular weight excluding hydrogens is 198 g/mol. The molecule has 0 amide bonds. The lowest BCUT2D eigenvalue weighted by molar-refractivity contribution is 0.0631. The molecule has 1 heterocycles. The molecule has 16 heavy (non-hydrogen) atoms. The van der Waals surface area contributed by atoms with Gasteiger partial charge in [0.1, 0.15) is 0 Å². The number of likely N-dealkylation sites (N-methyl/N-ethyl adjacent to an activating group) is 1. The number of nitrogens with one attached hydrogen (secondary N) is 1.